The summed E-state index contributed by atoms with van der Waals surface area (Å²) in [4.78, 5) is 28.4. The number of carbonyl (C=O) groups is 2. The highest BCUT2D eigenvalue weighted by Crippen LogP contribution is 2.23. The lowest BCUT2D eigenvalue weighted by atomic mass is 10.2. The summed E-state index contributed by atoms with van der Waals surface area (Å²) < 4.78 is 1.34. The first-order valence-corrected chi connectivity index (χ1v) is 11.0. The molecular formula is C23H21N7O2S. The highest BCUT2D eigenvalue weighted by Gasteiger charge is 2.14. The van der Waals surface area contributed by atoms with Crippen LogP contribution in [0.1, 0.15) is 15.9 Å². The molecule has 0 unspecified atom stereocenters. The Morgan fingerprint density at radius 1 is 0.970 bits per heavy atom. The largest absolute Gasteiger partial charge is 0.335 e. The van der Waals surface area contributed by atoms with E-state index in [0.29, 0.717) is 22.2 Å². The van der Waals surface area contributed by atoms with Crippen molar-refractivity contribution >= 4 is 35.0 Å². The van der Waals surface area contributed by atoms with E-state index in [2.05, 4.69) is 25.8 Å². The van der Waals surface area contributed by atoms with Crippen molar-refractivity contribution in [2.24, 2.45) is 0 Å². The molecule has 10 heteroatoms. The van der Waals surface area contributed by atoms with Gasteiger partial charge in [-0.05, 0) is 55.5 Å². The van der Waals surface area contributed by atoms with Gasteiger partial charge in [0, 0.05) is 29.3 Å². The zero-order valence-electron chi connectivity index (χ0n) is 17.7. The van der Waals surface area contributed by atoms with Crippen LogP contribution in [0.3, 0.4) is 0 Å². The van der Waals surface area contributed by atoms with Crippen molar-refractivity contribution in [3.63, 3.8) is 0 Å². The fraction of sp³-hybridized carbons (Fsp3) is 0.0870. The summed E-state index contributed by atoms with van der Waals surface area (Å²) in [5.74, 6) is 6.32. The number of carbonyl (C=O) groups excluding carboxylic acids is 2. The average Bonchev–Trinajstić information content (AvgIpc) is 3.20. The molecule has 2 amide bonds. The van der Waals surface area contributed by atoms with E-state index < -0.39 is 0 Å². The molecule has 166 valence electrons. The number of nitrogens with one attached hydrogen (secondary N) is 2. The van der Waals surface area contributed by atoms with E-state index in [1.54, 1.807) is 42.6 Å². The van der Waals surface area contributed by atoms with E-state index in [1.165, 1.54) is 22.6 Å². The van der Waals surface area contributed by atoms with Gasteiger partial charge in [-0.15, -0.1) is 10.2 Å². The Morgan fingerprint density at radius 2 is 1.67 bits per heavy atom. The highest BCUT2D eigenvalue weighted by molar-refractivity contribution is 7.99. The molecule has 4 rings (SSSR count). The number of nitrogens with zero attached hydrogens (tertiary/aromatic N) is 4. The zero-order chi connectivity index (χ0) is 23.2. The molecule has 0 saturated carbocycles. The van der Waals surface area contributed by atoms with Crippen molar-refractivity contribution in [2.75, 3.05) is 22.2 Å². The van der Waals surface area contributed by atoms with Crippen LogP contribution in [0, 0.1) is 6.92 Å². The van der Waals surface area contributed by atoms with Crippen molar-refractivity contribution in [2.45, 2.75) is 12.1 Å². The van der Waals surface area contributed by atoms with Gasteiger partial charge < -0.3 is 16.5 Å². The molecule has 0 radical (unpaired) electrons. The number of rotatable bonds is 7. The standard InChI is InChI=1S/C23H21N7O2S/c1-15-4-8-18(9-5-15)26-20(31)14-33-23-29-28-21(30(23)24)16-6-10-19(11-7-16)27-22(32)17-3-2-12-25-13-17/h2-13H,14,24H2,1H3,(H,26,31)(H,27,32). The monoisotopic (exact) mass is 459 g/mol. The highest BCUT2D eigenvalue weighted by atomic mass is 32.2. The topological polar surface area (TPSA) is 128 Å². The lowest BCUT2D eigenvalue weighted by Gasteiger charge is -2.07. The van der Waals surface area contributed by atoms with Gasteiger partial charge in [0.05, 0.1) is 11.3 Å². The summed E-state index contributed by atoms with van der Waals surface area (Å²) in [5.41, 5.74) is 3.67. The fourth-order valence-electron chi connectivity index (χ4n) is 2.94. The Balaban J connectivity index is 1.36. The molecule has 2 heterocycles. The lowest BCUT2D eigenvalue weighted by molar-refractivity contribution is -0.113. The first-order valence-electron chi connectivity index (χ1n) is 10.0. The van der Waals surface area contributed by atoms with Crippen LogP contribution in [0.25, 0.3) is 11.4 Å². The molecule has 0 aliphatic heterocycles. The number of aromatic nitrogens is 4. The van der Waals surface area contributed by atoms with Crippen LogP contribution in [0.4, 0.5) is 11.4 Å². The maximum Gasteiger partial charge on any atom is 0.257 e. The van der Waals surface area contributed by atoms with Crippen LogP contribution in [0.5, 0.6) is 0 Å². The summed E-state index contributed by atoms with van der Waals surface area (Å²) in [6, 6.07) is 18.0. The summed E-state index contributed by atoms with van der Waals surface area (Å²) in [6.45, 7) is 1.99. The molecule has 0 aliphatic carbocycles. The van der Waals surface area contributed by atoms with E-state index in [4.69, 9.17) is 5.84 Å². The van der Waals surface area contributed by atoms with Gasteiger partial charge in [0.2, 0.25) is 11.1 Å². The normalized spacial score (nSPS) is 10.6. The van der Waals surface area contributed by atoms with E-state index in [9.17, 15) is 9.59 Å². The molecule has 33 heavy (non-hydrogen) atoms. The zero-order valence-corrected chi connectivity index (χ0v) is 18.5. The molecule has 0 spiro atoms. The molecule has 2 aromatic heterocycles. The number of aryl methyl sites for hydroxylation is 1. The minimum absolute atomic E-state index is 0.141. The second-order valence-electron chi connectivity index (χ2n) is 7.15. The van der Waals surface area contributed by atoms with E-state index in [1.807, 2.05) is 31.2 Å². The summed E-state index contributed by atoms with van der Waals surface area (Å²) in [6.07, 6.45) is 3.11. The number of pyridine rings is 1. The number of amides is 2. The number of nitrogen functional groups attached to an aromatic ring is 1. The quantitative estimate of drug-likeness (QED) is 0.286. The SMILES string of the molecule is Cc1ccc(NC(=O)CSc2nnc(-c3ccc(NC(=O)c4cccnc4)cc3)n2N)cc1. The number of benzene rings is 2. The molecule has 0 atom stereocenters. The van der Waals surface area contributed by atoms with Crippen LogP contribution in [-0.2, 0) is 4.79 Å². The van der Waals surface area contributed by atoms with E-state index >= 15 is 0 Å². The minimum atomic E-state index is -0.250. The lowest BCUT2D eigenvalue weighted by Crippen LogP contribution is -2.16. The van der Waals surface area contributed by atoms with Crippen LogP contribution in [0.2, 0.25) is 0 Å². The summed E-state index contributed by atoms with van der Waals surface area (Å²) in [5, 5.41) is 14.3. The van der Waals surface area contributed by atoms with Gasteiger partial charge in [-0.3, -0.25) is 14.6 Å². The molecule has 4 aromatic rings. The fourth-order valence-corrected chi connectivity index (χ4v) is 3.60. The Morgan fingerprint density at radius 3 is 2.36 bits per heavy atom. The average molecular weight is 460 g/mol. The van der Waals surface area contributed by atoms with Gasteiger partial charge >= 0.3 is 0 Å². The Bertz CT molecular complexity index is 1260. The molecule has 0 saturated heterocycles. The Hall–Kier alpha value is -4.18. The molecule has 0 fully saturated rings. The summed E-state index contributed by atoms with van der Waals surface area (Å²) >= 11 is 1.19. The molecule has 0 bridgehead atoms. The third-order valence-electron chi connectivity index (χ3n) is 4.66. The Labute approximate surface area is 194 Å². The number of hydrogen-bond acceptors (Lipinski definition) is 7. The van der Waals surface area contributed by atoms with Gasteiger partial charge in [0.1, 0.15) is 0 Å². The predicted molar refractivity (Wildman–Crippen MR) is 128 cm³/mol. The summed E-state index contributed by atoms with van der Waals surface area (Å²) in [7, 11) is 0. The second kappa shape index (κ2) is 9.96. The first-order chi connectivity index (χ1) is 16.0. The van der Waals surface area contributed by atoms with Crippen LogP contribution in [0.15, 0.2) is 78.2 Å². The number of anilines is 2. The van der Waals surface area contributed by atoms with Crippen molar-refractivity contribution in [3.8, 4) is 11.4 Å². The minimum Gasteiger partial charge on any atom is -0.335 e. The molecule has 9 nitrogen and oxygen atoms in total. The molecule has 4 N–H and O–H groups in total. The second-order valence-corrected chi connectivity index (χ2v) is 8.09. The maximum absolute atomic E-state index is 12.3. The Kier molecular flexibility index (Phi) is 6.65. The number of nitrogens with two attached hydrogens (primary N) is 1. The van der Waals surface area contributed by atoms with Crippen molar-refractivity contribution in [3.05, 3.63) is 84.2 Å². The first kappa shape index (κ1) is 22.0. The maximum atomic E-state index is 12.3. The predicted octanol–water partition coefficient (Wildman–Crippen LogP) is 3.35. The van der Waals surface area contributed by atoms with Crippen LogP contribution < -0.4 is 16.5 Å². The molecule has 2 aromatic carbocycles. The van der Waals surface area contributed by atoms with Crippen molar-refractivity contribution < 1.29 is 9.59 Å². The number of thioether (sulfide) groups is 1. The van der Waals surface area contributed by atoms with Gasteiger partial charge in [-0.2, -0.15) is 0 Å². The van der Waals surface area contributed by atoms with Gasteiger partial charge in [-0.25, -0.2) is 4.68 Å². The third-order valence-corrected chi connectivity index (χ3v) is 5.60. The van der Waals surface area contributed by atoms with Gasteiger partial charge in [-0.1, -0.05) is 29.5 Å². The molecular weight excluding hydrogens is 438 g/mol. The van der Waals surface area contributed by atoms with Crippen molar-refractivity contribution in [1.29, 1.82) is 0 Å². The smallest absolute Gasteiger partial charge is 0.257 e. The van der Waals surface area contributed by atoms with Gasteiger partial charge in [0.15, 0.2) is 5.82 Å². The van der Waals surface area contributed by atoms with Crippen LogP contribution >= 0.6 is 11.8 Å². The third kappa shape index (κ3) is 5.55. The van der Waals surface area contributed by atoms with Gasteiger partial charge in [0.25, 0.3) is 5.91 Å². The van der Waals surface area contributed by atoms with E-state index in [-0.39, 0.29) is 17.6 Å². The van der Waals surface area contributed by atoms with Crippen molar-refractivity contribution in [1.82, 2.24) is 19.9 Å². The van der Waals surface area contributed by atoms with Crippen LogP contribution in [-0.4, -0.2) is 37.4 Å². The number of hydrogen-bond donors (Lipinski definition) is 3. The molecule has 0 aliphatic rings. The van der Waals surface area contributed by atoms with E-state index in [0.717, 1.165) is 16.8 Å².